The fraction of sp³-hybridized carbons (Fsp3) is 0.364. The van der Waals surface area contributed by atoms with Gasteiger partial charge in [0, 0.05) is 30.6 Å². The number of methoxy groups -OCH3 is 1. The van der Waals surface area contributed by atoms with Gasteiger partial charge in [-0.25, -0.2) is 0 Å². The molecule has 2 aliphatic heterocycles. The van der Waals surface area contributed by atoms with E-state index in [2.05, 4.69) is 16.7 Å². The molecule has 0 bridgehead atoms. The first-order valence-corrected chi connectivity index (χ1v) is 9.70. The Morgan fingerprint density at radius 3 is 2.50 bits per heavy atom. The van der Waals surface area contributed by atoms with Gasteiger partial charge in [-0.3, -0.25) is 9.59 Å². The molecule has 0 unspecified atom stereocenters. The summed E-state index contributed by atoms with van der Waals surface area (Å²) >= 11 is 0. The quantitative estimate of drug-likeness (QED) is 0.857. The molecule has 2 aromatic rings. The molecular formula is C22H25N3O3. The zero-order valence-corrected chi connectivity index (χ0v) is 16.0. The molecule has 1 saturated heterocycles. The Morgan fingerprint density at radius 1 is 1.07 bits per heavy atom. The van der Waals surface area contributed by atoms with Gasteiger partial charge in [-0.1, -0.05) is 18.2 Å². The molecule has 2 N–H and O–H groups in total. The molecule has 4 rings (SSSR count). The summed E-state index contributed by atoms with van der Waals surface area (Å²) in [5.74, 6) is -0.154. The number of hydrogen-bond acceptors (Lipinski definition) is 4. The van der Waals surface area contributed by atoms with E-state index >= 15 is 0 Å². The van der Waals surface area contributed by atoms with Crippen LogP contribution in [0.3, 0.4) is 0 Å². The van der Waals surface area contributed by atoms with E-state index in [0.717, 1.165) is 25.2 Å². The van der Waals surface area contributed by atoms with Crippen LogP contribution in [-0.4, -0.2) is 44.2 Å². The molecule has 28 heavy (non-hydrogen) atoms. The normalized spacial score (nSPS) is 17.8. The van der Waals surface area contributed by atoms with Crippen molar-refractivity contribution in [3.63, 3.8) is 0 Å². The van der Waals surface area contributed by atoms with E-state index in [1.165, 1.54) is 5.56 Å². The average Bonchev–Trinajstić information content (AvgIpc) is 3.18. The van der Waals surface area contributed by atoms with E-state index in [-0.39, 0.29) is 11.8 Å². The number of anilines is 2. The molecule has 0 radical (unpaired) electrons. The maximum Gasteiger partial charge on any atom is 0.258 e. The third-order valence-electron chi connectivity index (χ3n) is 5.74. The Hall–Kier alpha value is -2.70. The predicted molar refractivity (Wildman–Crippen MR) is 109 cm³/mol. The van der Waals surface area contributed by atoms with Crippen LogP contribution in [0.15, 0.2) is 48.5 Å². The minimum absolute atomic E-state index is 0.0189. The molecule has 0 aromatic heterocycles. The molecule has 0 atom stereocenters. The number of benzene rings is 2. The molecular weight excluding hydrogens is 354 g/mol. The summed E-state index contributed by atoms with van der Waals surface area (Å²) in [6.45, 7) is 2.21. The smallest absolute Gasteiger partial charge is 0.258 e. The largest absolute Gasteiger partial charge is 0.368 e. The van der Waals surface area contributed by atoms with Crippen LogP contribution in [0.5, 0.6) is 0 Å². The fourth-order valence-corrected chi connectivity index (χ4v) is 4.00. The molecule has 2 amide bonds. The summed E-state index contributed by atoms with van der Waals surface area (Å²) in [6.07, 6.45) is 2.16. The lowest BCUT2D eigenvalue weighted by molar-refractivity contribution is -0.140. The monoisotopic (exact) mass is 379 g/mol. The Kier molecular flexibility index (Phi) is 5.15. The van der Waals surface area contributed by atoms with E-state index in [1.54, 1.807) is 31.4 Å². The second-order valence-electron chi connectivity index (χ2n) is 7.32. The minimum atomic E-state index is -0.793. The van der Waals surface area contributed by atoms with Gasteiger partial charge in [0.2, 0.25) is 0 Å². The van der Waals surface area contributed by atoms with Gasteiger partial charge in [0.1, 0.15) is 5.60 Å². The summed E-state index contributed by atoms with van der Waals surface area (Å²) in [7, 11) is 1.58. The highest BCUT2D eigenvalue weighted by Crippen LogP contribution is 2.29. The number of nitrogens with one attached hydrogen (secondary N) is 2. The van der Waals surface area contributed by atoms with Gasteiger partial charge in [0.15, 0.2) is 0 Å². The summed E-state index contributed by atoms with van der Waals surface area (Å²) in [4.78, 5) is 27.5. The molecule has 1 fully saturated rings. The lowest BCUT2D eigenvalue weighted by atomic mass is 9.91. The number of nitrogens with zero attached hydrogens (tertiary/aromatic N) is 1. The Balaban J connectivity index is 1.46. The standard InChI is InChI=1S/C22H25N3O3/c1-28-22(11-13-23-14-12-22)21(27)24-18-8-6-17(7-9-18)20(26)25-15-10-16-4-2-3-5-19(16)25/h2-9,23H,10-15H2,1H3,(H,24,27). The zero-order valence-electron chi connectivity index (χ0n) is 16.0. The number of fused-ring (bicyclic) bond motifs is 1. The van der Waals surface area contributed by atoms with E-state index in [9.17, 15) is 9.59 Å². The Labute approximate surface area is 164 Å². The molecule has 2 aliphatic rings. The van der Waals surface area contributed by atoms with Gasteiger partial charge in [-0.15, -0.1) is 0 Å². The summed E-state index contributed by atoms with van der Waals surface area (Å²) in [5.41, 5.74) is 2.67. The first kappa shape index (κ1) is 18.7. The van der Waals surface area contributed by atoms with Crippen LogP contribution in [0.25, 0.3) is 0 Å². The highest BCUT2D eigenvalue weighted by molar-refractivity contribution is 6.07. The summed E-state index contributed by atoms with van der Waals surface area (Å²) in [5, 5.41) is 6.18. The zero-order chi connectivity index (χ0) is 19.6. The molecule has 0 saturated carbocycles. The van der Waals surface area contributed by atoms with Crippen molar-refractivity contribution in [2.24, 2.45) is 0 Å². The number of carbonyl (C=O) groups excluding carboxylic acids is 2. The van der Waals surface area contributed by atoms with E-state index < -0.39 is 5.60 Å². The van der Waals surface area contributed by atoms with Crippen molar-refractivity contribution < 1.29 is 14.3 Å². The number of amides is 2. The van der Waals surface area contributed by atoms with Crippen molar-refractivity contribution in [1.29, 1.82) is 0 Å². The summed E-state index contributed by atoms with van der Waals surface area (Å²) < 4.78 is 5.56. The molecule has 2 aromatic carbocycles. The third-order valence-corrected chi connectivity index (χ3v) is 5.74. The minimum Gasteiger partial charge on any atom is -0.368 e. The SMILES string of the molecule is COC1(C(=O)Nc2ccc(C(=O)N3CCc4ccccc43)cc2)CCNCC1. The predicted octanol–water partition coefficient (Wildman–Crippen LogP) is 2.60. The number of ether oxygens (including phenoxy) is 1. The van der Waals surface area contributed by atoms with Crippen LogP contribution >= 0.6 is 0 Å². The van der Waals surface area contributed by atoms with Crippen LogP contribution in [-0.2, 0) is 16.0 Å². The van der Waals surface area contributed by atoms with Crippen molar-refractivity contribution in [2.45, 2.75) is 24.9 Å². The Morgan fingerprint density at radius 2 is 1.79 bits per heavy atom. The molecule has 0 aliphatic carbocycles. The second kappa shape index (κ2) is 7.73. The van der Waals surface area contributed by atoms with Crippen molar-refractivity contribution in [2.75, 3.05) is 37.0 Å². The third kappa shape index (κ3) is 3.41. The number of carbonyl (C=O) groups is 2. The fourth-order valence-electron chi connectivity index (χ4n) is 4.00. The maximum absolute atomic E-state index is 12.9. The van der Waals surface area contributed by atoms with E-state index in [4.69, 9.17) is 4.74 Å². The van der Waals surface area contributed by atoms with Crippen molar-refractivity contribution in [1.82, 2.24) is 5.32 Å². The number of rotatable bonds is 4. The lowest BCUT2D eigenvalue weighted by Gasteiger charge is -2.34. The highest BCUT2D eigenvalue weighted by Gasteiger charge is 2.39. The lowest BCUT2D eigenvalue weighted by Crippen LogP contribution is -2.51. The van der Waals surface area contributed by atoms with Gasteiger partial charge in [0.25, 0.3) is 11.8 Å². The van der Waals surface area contributed by atoms with Gasteiger partial charge in [-0.05, 0) is 68.2 Å². The Bertz CT molecular complexity index is 873. The van der Waals surface area contributed by atoms with Crippen LogP contribution in [0.1, 0.15) is 28.8 Å². The number of piperidine rings is 1. The van der Waals surface area contributed by atoms with Gasteiger partial charge >= 0.3 is 0 Å². The van der Waals surface area contributed by atoms with Crippen molar-refractivity contribution >= 4 is 23.2 Å². The van der Waals surface area contributed by atoms with Crippen LogP contribution in [0.2, 0.25) is 0 Å². The average molecular weight is 379 g/mol. The summed E-state index contributed by atoms with van der Waals surface area (Å²) in [6, 6.07) is 15.1. The maximum atomic E-state index is 12.9. The first-order chi connectivity index (χ1) is 13.6. The molecule has 0 spiro atoms. The number of hydrogen-bond donors (Lipinski definition) is 2. The van der Waals surface area contributed by atoms with Gasteiger partial charge < -0.3 is 20.3 Å². The second-order valence-corrected chi connectivity index (χ2v) is 7.32. The molecule has 6 nitrogen and oxygen atoms in total. The van der Waals surface area contributed by atoms with Crippen molar-refractivity contribution in [3.8, 4) is 0 Å². The highest BCUT2D eigenvalue weighted by atomic mass is 16.5. The first-order valence-electron chi connectivity index (χ1n) is 9.70. The van der Waals surface area contributed by atoms with Gasteiger partial charge in [0.05, 0.1) is 0 Å². The van der Waals surface area contributed by atoms with E-state index in [1.807, 2.05) is 23.1 Å². The molecule has 6 heteroatoms. The number of para-hydroxylation sites is 1. The molecule has 2 heterocycles. The van der Waals surface area contributed by atoms with Crippen LogP contribution in [0.4, 0.5) is 11.4 Å². The van der Waals surface area contributed by atoms with Crippen LogP contribution < -0.4 is 15.5 Å². The van der Waals surface area contributed by atoms with Gasteiger partial charge in [-0.2, -0.15) is 0 Å². The topological polar surface area (TPSA) is 70.7 Å². The van der Waals surface area contributed by atoms with E-state index in [0.29, 0.717) is 30.6 Å². The van der Waals surface area contributed by atoms with Crippen molar-refractivity contribution in [3.05, 3.63) is 59.7 Å². The molecule has 146 valence electrons. The van der Waals surface area contributed by atoms with Crippen LogP contribution in [0, 0.1) is 0 Å².